The van der Waals surface area contributed by atoms with Crippen molar-refractivity contribution in [3.05, 3.63) is 64.7 Å². The van der Waals surface area contributed by atoms with Crippen LogP contribution >= 0.6 is 0 Å². The predicted molar refractivity (Wildman–Crippen MR) is 114 cm³/mol. The van der Waals surface area contributed by atoms with Gasteiger partial charge in [-0.3, -0.25) is 0 Å². The van der Waals surface area contributed by atoms with Crippen molar-refractivity contribution in [1.29, 1.82) is 0 Å². The fraction of sp³-hybridized carbons (Fsp3) is 0.520. The standard InChI is InChI=1S/C25H36O2/c1-4-5-6-8-22(18-24-11-10-20(2)21(3)17-24)9-7-16-27-25-14-12-23(19-26)13-15-25/h10-15,17,22,26H,4-9,16,18-19H2,1-3H3/t22-/m0/s1. The molecule has 2 heteroatoms. The summed E-state index contributed by atoms with van der Waals surface area (Å²) in [5.74, 6) is 1.63. The fourth-order valence-electron chi connectivity index (χ4n) is 3.55. The van der Waals surface area contributed by atoms with Crippen LogP contribution < -0.4 is 4.74 Å². The lowest BCUT2D eigenvalue weighted by Crippen LogP contribution is -2.08. The summed E-state index contributed by atoms with van der Waals surface area (Å²) in [5.41, 5.74) is 5.17. The van der Waals surface area contributed by atoms with E-state index >= 15 is 0 Å². The summed E-state index contributed by atoms with van der Waals surface area (Å²) in [6, 6.07) is 14.6. The topological polar surface area (TPSA) is 29.5 Å². The Morgan fingerprint density at radius 3 is 2.22 bits per heavy atom. The highest BCUT2D eigenvalue weighted by atomic mass is 16.5. The monoisotopic (exact) mass is 368 g/mol. The Morgan fingerprint density at radius 1 is 0.852 bits per heavy atom. The van der Waals surface area contributed by atoms with E-state index in [1.165, 1.54) is 55.2 Å². The van der Waals surface area contributed by atoms with Gasteiger partial charge in [-0.2, -0.15) is 0 Å². The summed E-state index contributed by atoms with van der Waals surface area (Å²) < 4.78 is 5.88. The maximum Gasteiger partial charge on any atom is 0.119 e. The molecule has 0 fully saturated rings. The molecule has 0 aromatic heterocycles. The van der Waals surface area contributed by atoms with Gasteiger partial charge >= 0.3 is 0 Å². The van der Waals surface area contributed by atoms with Crippen molar-refractivity contribution in [1.82, 2.24) is 0 Å². The first-order chi connectivity index (χ1) is 13.1. The first-order valence-corrected chi connectivity index (χ1v) is 10.5. The molecule has 1 atom stereocenters. The van der Waals surface area contributed by atoms with Crippen LogP contribution in [0.3, 0.4) is 0 Å². The zero-order valence-corrected chi connectivity index (χ0v) is 17.3. The first-order valence-electron chi connectivity index (χ1n) is 10.5. The molecule has 2 nitrogen and oxygen atoms in total. The lowest BCUT2D eigenvalue weighted by atomic mass is 9.89. The van der Waals surface area contributed by atoms with Crippen molar-refractivity contribution in [2.45, 2.75) is 72.3 Å². The van der Waals surface area contributed by atoms with Gasteiger partial charge in [-0.1, -0.05) is 62.9 Å². The smallest absolute Gasteiger partial charge is 0.119 e. The Bertz CT molecular complexity index is 661. The zero-order chi connectivity index (χ0) is 19.5. The second-order valence-electron chi connectivity index (χ2n) is 7.78. The Morgan fingerprint density at radius 2 is 1.56 bits per heavy atom. The second kappa shape index (κ2) is 11.8. The lowest BCUT2D eigenvalue weighted by Gasteiger charge is -2.18. The number of unbranched alkanes of at least 4 members (excludes halogenated alkanes) is 2. The van der Waals surface area contributed by atoms with Gasteiger partial charge in [0.05, 0.1) is 13.2 Å². The lowest BCUT2D eigenvalue weighted by molar-refractivity contribution is 0.279. The third kappa shape index (κ3) is 7.76. The van der Waals surface area contributed by atoms with Crippen molar-refractivity contribution < 1.29 is 9.84 Å². The van der Waals surface area contributed by atoms with E-state index in [0.717, 1.165) is 30.3 Å². The quantitative estimate of drug-likeness (QED) is 0.440. The molecule has 0 bridgehead atoms. The maximum atomic E-state index is 9.10. The molecule has 0 aliphatic carbocycles. The Kier molecular flexibility index (Phi) is 9.41. The second-order valence-corrected chi connectivity index (χ2v) is 7.78. The van der Waals surface area contributed by atoms with Crippen LogP contribution in [0.15, 0.2) is 42.5 Å². The van der Waals surface area contributed by atoms with Crippen molar-refractivity contribution in [3.8, 4) is 5.75 Å². The molecule has 0 aliphatic rings. The van der Waals surface area contributed by atoms with Gasteiger partial charge in [0.15, 0.2) is 0 Å². The normalized spacial score (nSPS) is 12.1. The number of aliphatic hydroxyl groups is 1. The minimum absolute atomic E-state index is 0.0816. The van der Waals surface area contributed by atoms with Crippen molar-refractivity contribution in [3.63, 3.8) is 0 Å². The summed E-state index contributed by atoms with van der Waals surface area (Å²) in [5, 5.41) is 9.10. The van der Waals surface area contributed by atoms with E-state index in [2.05, 4.69) is 39.0 Å². The molecular weight excluding hydrogens is 332 g/mol. The molecule has 0 saturated carbocycles. The largest absolute Gasteiger partial charge is 0.494 e. The molecule has 1 N–H and O–H groups in total. The molecule has 27 heavy (non-hydrogen) atoms. The molecular formula is C25H36O2. The summed E-state index contributed by atoms with van der Waals surface area (Å²) in [7, 11) is 0. The third-order valence-corrected chi connectivity index (χ3v) is 5.44. The van der Waals surface area contributed by atoms with Crippen molar-refractivity contribution >= 4 is 0 Å². The van der Waals surface area contributed by atoms with Crippen LogP contribution in [0.5, 0.6) is 5.75 Å². The van der Waals surface area contributed by atoms with E-state index in [0.29, 0.717) is 0 Å². The molecule has 0 unspecified atom stereocenters. The first kappa shape index (κ1) is 21.5. The summed E-state index contributed by atoms with van der Waals surface area (Å²) in [4.78, 5) is 0. The van der Waals surface area contributed by atoms with Crippen LogP contribution in [0.25, 0.3) is 0 Å². The molecule has 0 aliphatic heterocycles. The molecule has 0 saturated heterocycles. The number of benzene rings is 2. The number of ether oxygens (including phenoxy) is 1. The van der Waals surface area contributed by atoms with E-state index < -0.39 is 0 Å². The number of rotatable bonds is 12. The average molecular weight is 369 g/mol. The highest BCUT2D eigenvalue weighted by molar-refractivity contribution is 5.30. The van der Waals surface area contributed by atoms with E-state index in [1.54, 1.807) is 0 Å². The Labute approximate surface area is 165 Å². The molecule has 0 amide bonds. The van der Waals surface area contributed by atoms with Gasteiger partial charge < -0.3 is 9.84 Å². The Balaban J connectivity index is 1.82. The van der Waals surface area contributed by atoms with Gasteiger partial charge in [0, 0.05) is 0 Å². The SMILES string of the molecule is CCCCC[C@@H](CCCOc1ccc(CO)cc1)Cc1ccc(C)c(C)c1. The minimum atomic E-state index is 0.0816. The highest BCUT2D eigenvalue weighted by Crippen LogP contribution is 2.23. The van der Waals surface area contributed by atoms with Crippen LogP contribution in [-0.2, 0) is 13.0 Å². The maximum absolute atomic E-state index is 9.10. The number of aliphatic hydroxyl groups excluding tert-OH is 1. The summed E-state index contributed by atoms with van der Waals surface area (Å²) in [6.45, 7) is 7.51. The van der Waals surface area contributed by atoms with Crippen molar-refractivity contribution in [2.75, 3.05) is 6.61 Å². The van der Waals surface area contributed by atoms with Crippen LogP contribution in [0.4, 0.5) is 0 Å². The number of hydrogen-bond donors (Lipinski definition) is 1. The molecule has 2 aromatic carbocycles. The third-order valence-electron chi connectivity index (χ3n) is 5.44. The van der Waals surface area contributed by atoms with Gasteiger partial charge in [0.25, 0.3) is 0 Å². The van der Waals surface area contributed by atoms with Gasteiger partial charge in [-0.05, 0) is 73.4 Å². The van der Waals surface area contributed by atoms with Crippen LogP contribution in [-0.4, -0.2) is 11.7 Å². The molecule has 0 heterocycles. The molecule has 2 rings (SSSR count). The molecule has 2 aromatic rings. The molecule has 0 spiro atoms. The van der Waals surface area contributed by atoms with E-state index in [-0.39, 0.29) is 6.61 Å². The zero-order valence-electron chi connectivity index (χ0n) is 17.3. The van der Waals surface area contributed by atoms with E-state index in [4.69, 9.17) is 9.84 Å². The summed E-state index contributed by atoms with van der Waals surface area (Å²) >= 11 is 0. The Hall–Kier alpha value is -1.80. The van der Waals surface area contributed by atoms with Crippen LogP contribution in [0.2, 0.25) is 0 Å². The summed E-state index contributed by atoms with van der Waals surface area (Å²) in [6.07, 6.45) is 8.73. The van der Waals surface area contributed by atoms with Crippen LogP contribution in [0.1, 0.15) is 67.7 Å². The van der Waals surface area contributed by atoms with Crippen molar-refractivity contribution in [2.24, 2.45) is 5.92 Å². The molecule has 148 valence electrons. The minimum Gasteiger partial charge on any atom is -0.494 e. The van der Waals surface area contributed by atoms with Gasteiger partial charge in [-0.25, -0.2) is 0 Å². The molecule has 0 radical (unpaired) electrons. The van der Waals surface area contributed by atoms with Gasteiger partial charge in [0.1, 0.15) is 5.75 Å². The van der Waals surface area contributed by atoms with Gasteiger partial charge in [0.2, 0.25) is 0 Å². The predicted octanol–water partition coefficient (Wildman–Crippen LogP) is 6.39. The van der Waals surface area contributed by atoms with E-state index in [1.807, 2.05) is 24.3 Å². The average Bonchev–Trinajstić information content (AvgIpc) is 2.68. The number of aryl methyl sites for hydroxylation is 2. The number of hydrogen-bond acceptors (Lipinski definition) is 2. The fourth-order valence-corrected chi connectivity index (χ4v) is 3.55. The van der Waals surface area contributed by atoms with Crippen LogP contribution in [0, 0.1) is 19.8 Å². The van der Waals surface area contributed by atoms with E-state index in [9.17, 15) is 0 Å². The highest BCUT2D eigenvalue weighted by Gasteiger charge is 2.11. The van der Waals surface area contributed by atoms with Gasteiger partial charge in [-0.15, -0.1) is 0 Å².